The standard InChI is InChI=1S/C31H26N4O4/c1-21-7-8-22(2)35(21)24-10-12-25(13-11-24)38-20-26-14-16-30(39-26)31(36)34-33-19-28-27-6-4-3-5-23(27)9-15-29(28)37-18-17-32/h3-16,19H,18,20H2,1-2H3,(H,34,36)/b33-19+. The lowest BCUT2D eigenvalue weighted by Crippen LogP contribution is -2.17. The summed E-state index contributed by atoms with van der Waals surface area (Å²) >= 11 is 0. The second-order valence-corrected chi connectivity index (χ2v) is 8.84. The third-order valence-electron chi connectivity index (χ3n) is 6.22. The molecule has 8 nitrogen and oxygen atoms in total. The Morgan fingerprint density at radius 2 is 1.74 bits per heavy atom. The van der Waals surface area contributed by atoms with E-state index in [9.17, 15) is 4.79 Å². The molecule has 0 saturated heterocycles. The average molecular weight is 519 g/mol. The van der Waals surface area contributed by atoms with Gasteiger partial charge in [-0.1, -0.05) is 30.3 Å². The number of ether oxygens (including phenoxy) is 2. The van der Waals surface area contributed by atoms with E-state index in [1.807, 2.05) is 60.7 Å². The number of nitrogens with one attached hydrogen (secondary N) is 1. The number of carbonyl (C=O) groups is 1. The van der Waals surface area contributed by atoms with Crippen molar-refractivity contribution in [2.45, 2.75) is 20.5 Å². The van der Waals surface area contributed by atoms with Gasteiger partial charge in [0.25, 0.3) is 0 Å². The van der Waals surface area contributed by atoms with Crippen molar-refractivity contribution in [1.82, 2.24) is 9.99 Å². The minimum Gasteiger partial charge on any atom is -0.486 e. The first-order chi connectivity index (χ1) is 19.0. The summed E-state index contributed by atoms with van der Waals surface area (Å²) < 4.78 is 19.2. The molecule has 5 aromatic rings. The first kappa shape index (κ1) is 25.4. The molecule has 0 aliphatic heterocycles. The van der Waals surface area contributed by atoms with E-state index in [-0.39, 0.29) is 19.0 Å². The highest BCUT2D eigenvalue weighted by Crippen LogP contribution is 2.27. The lowest BCUT2D eigenvalue weighted by Gasteiger charge is -2.10. The lowest BCUT2D eigenvalue weighted by atomic mass is 10.0. The third kappa shape index (κ3) is 5.68. The van der Waals surface area contributed by atoms with E-state index in [1.54, 1.807) is 18.2 Å². The van der Waals surface area contributed by atoms with Crippen LogP contribution in [-0.2, 0) is 6.61 Å². The second kappa shape index (κ2) is 11.4. The molecule has 0 radical (unpaired) electrons. The highest BCUT2D eigenvalue weighted by Gasteiger charge is 2.12. The highest BCUT2D eigenvalue weighted by molar-refractivity contribution is 6.03. The minimum absolute atomic E-state index is 0.0978. The lowest BCUT2D eigenvalue weighted by molar-refractivity contribution is 0.0923. The van der Waals surface area contributed by atoms with E-state index in [2.05, 4.69) is 41.1 Å². The molecule has 1 amide bonds. The first-order valence-corrected chi connectivity index (χ1v) is 12.4. The Morgan fingerprint density at radius 3 is 2.51 bits per heavy atom. The number of nitrogens with zero attached hydrogens (tertiary/aromatic N) is 3. The number of hydrogen-bond acceptors (Lipinski definition) is 6. The van der Waals surface area contributed by atoms with Crippen LogP contribution < -0.4 is 14.9 Å². The van der Waals surface area contributed by atoms with Crippen molar-refractivity contribution >= 4 is 22.9 Å². The maximum absolute atomic E-state index is 12.6. The van der Waals surface area contributed by atoms with Gasteiger partial charge in [-0.2, -0.15) is 10.4 Å². The number of aryl methyl sites for hydroxylation is 2. The van der Waals surface area contributed by atoms with Crippen LogP contribution in [0.2, 0.25) is 0 Å². The number of nitriles is 1. The van der Waals surface area contributed by atoms with E-state index in [0.717, 1.165) is 27.8 Å². The van der Waals surface area contributed by atoms with Gasteiger partial charge in [-0.15, -0.1) is 0 Å². The molecule has 0 unspecified atom stereocenters. The molecule has 0 aliphatic rings. The SMILES string of the molecule is Cc1ccc(C)n1-c1ccc(OCc2ccc(C(=O)N/N=C/c3c(OCC#N)ccc4ccccc34)o2)cc1. The maximum Gasteiger partial charge on any atom is 0.307 e. The molecule has 0 saturated carbocycles. The van der Waals surface area contributed by atoms with Gasteiger partial charge in [-0.3, -0.25) is 4.79 Å². The maximum atomic E-state index is 12.6. The molecule has 39 heavy (non-hydrogen) atoms. The summed E-state index contributed by atoms with van der Waals surface area (Å²) in [6, 6.07) is 28.6. The second-order valence-electron chi connectivity index (χ2n) is 8.84. The quantitative estimate of drug-likeness (QED) is 0.188. The van der Waals surface area contributed by atoms with Gasteiger partial charge in [0, 0.05) is 22.6 Å². The van der Waals surface area contributed by atoms with Gasteiger partial charge in [-0.05, 0) is 79.2 Å². The third-order valence-corrected chi connectivity index (χ3v) is 6.22. The fourth-order valence-corrected chi connectivity index (χ4v) is 4.35. The van der Waals surface area contributed by atoms with E-state index < -0.39 is 5.91 Å². The number of benzene rings is 3. The Hall–Kier alpha value is -5.29. The molecule has 1 N–H and O–H groups in total. The largest absolute Gasteiger partial charge is 0.486 e. The van der Waals surface area contributed by atoms with E-state index in [4.69, 9.17) is 19.2 Å². The molecular formula is C31H26N4O4. The van der Waals surface area contributed by atoms with Crippen molar-refractivity contribution < 1.29 is 18.7 Å². The predicted octanol–water partition coefficient (Wildman–Crippen LogP) is 6.09. The molecule has 2 heterocycles. The number of rotatable bonds is 9. The first-order valence-electron chi connectivity index (χ1n) is 12.4. The summed E-state index contributed by atoms with van der Waals surface area (Å²) in [6.45, 7) is 4.21. The molecule has 0 fully saturated rings. The Balaban J connectivity index is 1.21. The van der Waals surface area contributed by atoms with Crippen molar-refractivity contribution in [3.05, 3.63) is 113 Å². The van der Waals surface area contributed by atoms with Crippen molar-refractivity contribution in [1.29, 1.82) is 5.26 Å². The van der Waals surface area contributed by atoms with Gasteiger partial charge in [0.05, 0.1) is 6.21 Å². The zero-order chi connectivity index (χ0) is 27.2. The summed E-state index contributed by atoms with van der Waals surface area (Å²) in [5.74, 6) is 1.30. The molecule has 194 valence electrons. The minimum atomic E-state index is -0.501. The van der Waals surface area contributed by atoms with Gasteiger partial charge in [-0.25, -0.2) is 5.43 Å². The zero-order valence-electron chi connectivity index (χ0n) is 21.5. The van der Waals surface area contributed by atoms with E-state index in [0.29, 0.717) is 22.8 Å². The molecule has 8 heteroatoms. The molecule has 0 spiro atoms. The number of hydrogen-bond donors (Lipinski definition) is 1. The Labute approximate surface area is 225 Å². The van der Waals surface area contributed by atoms with Crippen LogP contribution in [0.1, 0.15) is 33.3 Å². The summed E-state index contributed by atoms with van der Waals surface area (Å²) in [4.78, 5) is 12.6. The van der Waals surface area contributed by atoms with Gasteiger partial charge in [0.2, 0.25) is 0 Å². The number of carbonyl (C=O) groups excluding carboxylic acids is 1. The van der Waals surface area contributed by atoms with Crippen LogP contribution in [0, 0.1) is 25.2 Å². The highest BCUT2D eigenvalue weighted by atomic mass is 16.5. The summed E-state index contributed by atoms with van der Waals surface area (Å²) in [5.41, 5.74) is 6.53. The van der Waals surface area contributed by atoms with Gasteiger partial charge >= 0.3 is 5.91 Å². The molecule has 2 aromatic heterocycles. The summed E-state index contributed by atoms with van der Waals surface area (Å²) in [6.07, 6.45) is 1.50. The Kier molecular flexibility index (Phi) is 7.41. The van der Waals surface area contributed by atoms with Crippen LogP contribution in [-0.4, -0.2) is 23.3 Å². The van der Waals surface area contributed by atoms with Crippen LogP contribution in [0.15, 0.2) is 94.4 Å². The van der Waals surface area contributed by atoms with Gasteiger partial charge in [0.15, 0.2) is 12.4 Å². The average Bonchev–Trinajstić information content (AvgIpc) is 3.57. The van der Waals surface area contributed by atoms with Gasteiger partial charge in [0.1, 0.15) is 29.9 Å². The van der Waals surface area contributed by atoms with Crippen molar-refractivity contribution in [3.63, 3.8) is 0 Å². The Morgan fingerprint density at radius 1 is 0.974 bits per heavy atom. The van der Waals surface area contributed by atoms with Crippen molar-refractivity contribution in [3.8, 4) is 23.3 Å². The van der Waals surface area contributed by atoms with Crippen molar-refractivity contribution in [2.75, 3.05) is 6.61 Å². The zero-order valence-corrected chi connectivity index (χ0v) is 21.5. The van der Waals surface area contributed by atoms with Crippen LogP contribution in [0.5, 0.6) is 11.5 Å². The summed E-state index contributed by atoms with van der Waals surface area (Å²) in [5, 5.41) is 14.9. The van der Waals surface area contributed by atoms with Crippen molar-refractivity contribution in [2.24, 2.45) is 5.10 Å². The topological polar surface area (TPSA) is 102 Å². The number of furan rings is 1. The molecule has 0 aliphatic carbocycles. The molecule has 0 atom stereocenters. The number of hydrazone groups is 1. The number of amides is 1. The van der Waals surface area contributed by atoms with Crippen LogP contribution in [0.3, 0.4) is 0 Å². The molecule has 0 bridgehead atoms. The Bertz CT molecular complexity index is 1670. The fraction of sp³-hybridized carbons (Fsp3) is 0.129. The molecule has 5 rings (SSSR count). The van der Waals surface area contributed by atoms with E-state index >= 15 is 0 Å². The van der Waals surface area contributed by atoms with Gasteiger partial charge < -0.3 is 18.5 Å². The predicted molar refractivity (Wildman–Crippen MR) is 148 cm³/mol. The van der Waals surface area contributed by atoms with Crippen LogP contribution in [0.25, 0.3) is 16.5 Å². The monoisotopic (exact) mass is 518 g/mol. The molecule has 3 aromatic carbocycles. The smallest absolute Gasteiger partial charge is 0.307 e. The summed E-state index contributed by atoms with van der Waals surface area (Å²) in [7, 11) is 0. The fourth-order valence-electron chi connectivity index (χ4n) is 4.35. The number of aromatic nitrogens is 1. The van der Waals surface area contributed by atoms with Crippen LogP contribution in [0.4, 0.5) is 0 Å². The normalized spacial score (nSPS) is 11.0. The molecular weight excluding hydrogens is 492 g/mol. The van der Waals surface area contributed by atoms with Crippen LogP contribution >= 0.6 is 0 Å². The number of fused-ring (bicyclic) bond motifs is 1. The van der Waals surface area contributed by atoms with E-state index in [1.165, 1.54) is 6.21 Å².